The van der Waals surface area contributed by atoms with Crippen LogP contribution in [0.5, 0.6) is 0 Å². The maximum atomic E-state index is 11.9. The topological polar surface area (TPSA) is 66.4 Å². The van der Waals surface area contributed by atoms with Crippen molar-refractivity contribution in [2.75, 3.05) is 6.54 Å². The quantitative estimate of drug-likeness (QED) is 0.697. The fourth-order valence-electron chi connectivity index (χ4n) is 2.55. The van der Waals surface area contributed by atoms with Crippen LogP contribution >= 0.6 is 0 Å². The molecule has 4 heteroatoms. The second kappa shape index (κ2) is 7.31. The van der Waals surface area contributed by atoms with E-state index in [4.69, 9.17) is 0 Å². The van der Waals surface area contributed by atoms with Gasteiger partial charge < -0.3 is 10.4 Å². The maximum absolute atomic E-state index is 11.9. The van der Waals surface area contributed by atoms with Gasteiger partial charge in [-0.1, -0.05) is 26.0 Å². The van der Waals surface area contributed by atoms with Crippen LogP contribution in [0.3, 0.4) is 0 Å². The van der Waals surface area contributed by atoms with Gasteiger partial charge in [-0.3, -0.25) is 9.59 Å². The Morgan fingerprint density at radius 1 is 1.32 bits per heavy atom. The highest BCUT2D eigenvalue weighted by Crippen LogP contribution is 2.30. The number of aliphatic carboxylic acids is 1. The van der Waals surface area contributed by atoms with Crippen molar-refractivity contribution in [3.8, 4) is 0 Å². The van der Waals surface area contributed by atoms with Gasteiger partial charge in [0.15, 0.2) is 0 Å². The number of carboxylic acid groups (broad SMARTS) is 1. The molecular weight excluding hydrogens is 242 g/mol. The van der Waals surface area contributed by atoms with Crippen LogP contribution < -0.4 is 5.32 Å². The molecule has 0 fully saturated rings. The molecule has 1 atom stereocenters. The largest absolute Gasteiger partial charge is 0.481 e. The van der Waals surface area contributed by atoms with Crippen molar-refractivity contribution >= 4 is 11.9 Å². The van der Waals surface area contributed by atoms with Crippen molar-refractivity contribution < 1.29 is 14.7 Å². The number of carboxylic acids is 1. The predicted octanol–water partition coefficient (Wildman–Crippen LogP) is 2.74. The van der Waals surface area contributed by atoms with E-state index in [0.29, 0.717) is 25.3 Å². The monoisotopic (exact) mass is 267 g/mol. The summed E-state index contributed by atoms with van der Waals surface area (Å²) in [6, 6.07) is 0. The fraction of sp³-hybridized carbons (Fsp3) is 0.733. The summed E-state index contributed by atoms with van der Waals surface area (Å²) in [6.07, 6.45) is 8.55. The van der Waals surface area contributed by atoms with Crippen molar-refractivity contribution in [1.29, 1.82) is 0 Å². The summed E-state index contributed by atoms with van der Waals surface area (Å²) in [4.78, 5) is 23.3. The predicted molar refractivity (Wildman–Crippen MR) is 74.8 cm³/mol. The molecule has 0 aromatic carbocycles. The molecule has 0 spiro atoms. The smallest absolute Gasteiger partial charge is 0.310 e. The van der Waals surface area contributed by atoms with E-state index in [2.05, 4.69) is 17.5 Å². The number of rotatable bonds is 7. The van der Waals surface area contributed by atoms with Gasteiger partial charge in [0, 0.05) is 13.0 Å². The van der Waals surface area contributed by atoms with Crippen molar-refractivity contribution in [3.63, 3.8) is 0 Å². The Morgan fingerprint density at radius 2 is 2.00 bits per heavy atom. The third kappa shape index (κ3) is 4.37. The Kier molecular flexibility index (Phi) is 6.06. The highest BCUT2D eigenvalue weighted by Gasteiger charge is 2.37. The molecule has 2 N–H and O–H groups in total. The Hall–Kier alpha value is -1.32. The maximum Gasteiger partial charge on any atom is 0.310 e. The average Bonchev–Trinajstić information content (AvgIpc) is 2.43. The first-order valence-electron chi connectivity index (χ1n) is 7.19. The molecule has 0 saturated heterocycles. The van der Waals surface area contributed by atoms with Gasteiger partial charge in [-0.2, -0.15) is 0 Å². The third-order valence-electron chi connectivity index (χ3n) is 4.27. The number of allylic oxidation sites excluding steroid dienone is 2. The molecule has 0 bridgehead atoms. The molecule has 108 valence electrons. The number of nitrogens with one attached hydrogen (secondary N) is 1. The lowest BCUT2D eigenvalue weighted by Gasteiger charge is -2.26. The molecule has 19 heavy (non-hydrogen) atoms. The lowest BCUT2D eigenvalue weighted by molar-refractivity contribution is -0.152. The van der Waals surface area contributed by atoms with Gasteiger partial charge in [0.1, 0.15) is 0 Å². The highest BCUT2D eigenvalue weighted by atomic mass is 16.4. The highest BCUT2D eigenvalue weighted by molar-refractivity contribution is 5.84. The molecule has 0 radical (unpaired) electrons. The van der Waals surface area contributed by atoms with E-state index >= 15 is 0 Å². The molecular formula is C15H25NO3. The molecule has 1 aliphatic carbocycles. The van der Waals surface area contributed by atoms with Crippen LogP contribution in [0.15, 0.2) is 12.2 Å². The van der Waals surface area contributed by atoms with E-state index in [1.807, 2.05) is 13.8 Å². The first kappa shape index (κ1) is 15.7. The van der Waals surface area contributed by atoms with Crippen molar-refractivity contribution in [1.82, 2.24) is 5.32 Å². The molecule has 0 aliphatic heterocycles. The second-order valence-electron chi connectivity index (χ2n) is 5.42. The van der Waals surface area contributed by atoms with Crippen LogP contribution in [0.2, 0.25) is 0 Å². The molecule has 1 rings (SSSR count). The standard InChI is InChI=1S/C15H25NO3/c1-3-15(4-2,14(18)19)10-13(17)16-11-12-8-6-5-7-9-12/h5-6,12H,3-4,7-11H2,1-2H3,(H,16,17)(H,18,19). The number of carbonyl (C=O) groups excluding carboxylic acids is 1. The number of amides is 1. The second-order valence-corrected chi connectivity index (χ2v) is 5.42. The van der Waals surface area contributed by atoms with Crippen LogP contribution in [0.25, 0.3) is 0 Å². The summed E-state index contributed by atoms with van der Waals surface area (Å²) in [6.45, 7) is 4.32. The van der Waals surface area contributed by atoms with E-state index in [1.54, 1.807) is 0 Å². The van der Waals surface area contributed by atoms with Gasteiger partial charge in [-0.15, -0.1) is 0 Å². The average molecular weight is 267 g/mol. The van der Waals surface area contributed by atoms with E-state index in [0.717, 1.165) is 19.3 Å². The summed E-state index contributed by atoms with van der Waals surface area (Å²) in [5.74, 6) is -0.509. The molecule has 0 aromatic rings. The van der Waals surface area contributed by atoms with Crippen LogP contribution in [0.4, 0.5) is 0 Å². The van der Waals surface area contributed by atoms with E-state index in [-0.39, 0.29) is 12.3 Å². The zero-order valence-electron chi connectivity index (χ0n) is 11.9. The molecule has 0 heterocycles. The summed E-state index contributed by atoms with van der Waals surface area (Å²) in [7, 11) is 0. The molecule has 4 nitrogen and oxygen atoms in total. The number of carbonyl (C=O) groups is 2. The minimum atomic E-state index is -0.906. The number of hydrogen-bond acceptors (Lipinski definition) is 2. The lowest BCUT2D eigenvalue weighted by atomic mass is 9.79. The van der Waals surface area contributed by atoms with Gasteiger partial charge >= 0.3 is 5.97 Å². The summed E-state index contributed by atoms with van der Waals surface area (Å²) >= 11 is 0. The Balaban J connectivity index is 2.44. The summed E-state index contributed by atoms with van der Waals surface area (Å²) < 4.78 is 0. The fourth-order valence-corrected chi connectivity index (χ4v) is 2.55. The SMILES string of the molecule is CCC(CC)(CC(=O)NCC1CC=CCC1)C(=O)O. The Bertz CT molecular complexity index is 345. The van der Waals surface area contributed by atoms with E-state index in [9.17, 15) is 14.7 Å². The molecule has 0 aromatic heterocycles. The minimum Gasteiger partial charge on any atom is -0.481 e. The van der Waals surface area contributed by atoms with Crippen LogP contribution in [-0.2, 0) is 9.59 Å². The van der Waals surface area contributed by atoms with Crippen molar-refractivity contribution in [3.05, 3.63) is 12.2 Å². The van der Waals surface area contributed by atoms with E-state index in [1.165, 1.54) is 0 Å². The molecule has 1 aliphatic rings. The number of hydrogen-bond donors (Lipinski definition) is 2. The van der Waals surface area contributed by atoms with Crippen LogP contribution in [0.1, 0.15) is 52.4 Å². The zero-order chi connectivity index (χ0) is 14.3. The Labute approximate surface area is 115 Å². The summed E-state index contributed by atoms with van der Waals surface area (Å²) in [5, 5.41) is 12.2. The normalized spacial score (nSPS) is 19.2. The Morgan fingerprint density at radius 3 is 2.47 bits per heavy atom. The van der Waals surface area contributed by atoms with Gasteiger partial charge in [-0.25, -0.2) is 0 Å². The first-order chi connectivity index (χ1) is 9.04. The molecule has 1 unspecified atom stereocenters. The van der Waals surface area contributed by atoms with Gasteiger partial charge in [0.05, 0.1) is 5.41 Å². The van der Waals surface area contributed by atoms with Gasteiger partial charge in [-0.05, 0) is 38.0 Å². The molecule has 0 saturated carbocycles. The zero-order valence-corrected chi connectivity index (χ0v) is 11.9. The van der Waals surface area contributed by atoms with Crippen molar-refractivity contribution in [2.24, 2.45) is 11.3 Å². The van der Waals surface area contributed by atoms with Crippen LogP contribution in [0, 0.1) is 11.3 Å². The lowest BCUT2D eigenvalue weighted by Crippen LogP contribution is -2.38. The minimum absolute atomic E-state index is 0.0812. The van der Waals surface area contributed by atoms with Gasteiger partial charge in [0.25, 0.3) is 0 Å². The van der Waals surface area contributed by atoms with Gasteiger partial charge in [0.2, 0.25) is 5.91 Å². The molecule has 1 amide bonds. The third-order valence-corrected chi connectivity index (χ3v) is 4.27. The van der Waals surface area contributed by atoms with Crippen molar-refractivity contribution in [2.45, 2.75) is 52.4 Å². The van der Waals surface area contributed by atoms with E-state index < -0.39 is 11.4 Å². The van der Waals surface area contributed by atoms with Crippen LogP contribution in [-0.4, -0.2) is 23.5 Å². The summed E-state index contributed by atoms with van der Waals surface area (Å²) in [5.41, 5.74) is -0.906. The first-order valence-corrected chi connectivity index (χ1v) is 7.19.